The van der Waals surface area contributed by atoms with Gasteiger partial charge in [-0.05, 0) is 31.3 Å². The average molecular weight is 437 g/mol. The maximum atomic E-state index is 12.6. The van der Waals surface area contributed by atoms with Crippen molar-refractivity contribution in [3.05, 3.63) is 0 Å². The second kappa shape index (κ2) is 13.7. The van der Waals surface area contributed by atoms with Crippen molar-refractivity contribution in [3.63, 3.8) is 0 Å². The predicted molar refractivity (Wildman–Crippen MR) is 113 cm³/mol. The number of carboxylic acids is 1. The van der Waals surface area contributed by atoms with E-state index in [2.05, 4.69) is 28.6 Å². The van der Waals surface area contributed by atoms with Crippen molar-refractivity contribution in [2.75, 3.05) is 17.8 Å². The number of carbonyl (C=O) groups is 4. The van der Waals surface area contributed by atoms with Gasteiger partial charge in [-0.2, -0.15) is 24.4 Å². The van der Waals surface area contributed by atoms with E-state index in [0.717, 1.165) is 5.75 Å². The fourth-order valence-corrected chi connectivity index (χ4v) is 2.93. The Morgan fingerprint density at radius 2 is 1.68 bits per heavy atom. The summed E-state index contributed by atoms with van der Waals surface area (Å²) in [6.45, 7) is 5.12. The Kier molecular flexibility index (Phi) is 13.0. The molecule has 0 aliphatic rings. The number of amides is 3. The number of aliphatic carboxylic acids is 1. The molecule has 11 heteroatoms. The highest BCUT2D eigenvalue weighted by atomic mass is 32.2. The van der Waals surface area contributed by atoms with Crippen LogP contribution in [0.1, 0.15) is 33.6 Å². The molecule has 0 fully saturated rings. The Balaban J connectivity index is 4.99. The van der Waals surface area contributed by atoms with E-state index in [9.17, 15) is 19.2 Å². The molecule has 0 aliphatic heterocycles. The Morgan fingerprint density at radius 1 is 1.07 bits per heavy atom. The number of carbonyl (C=O) groups excluding carboxylic acids is 3. The molecule has 0 bridgehead atoms. The van der Waals surface area contributed by atoms with Crippen LogP contribution in [0.4, 0.5) is 0 Å². The van der Waals surface area contributed by atoms with Crippen LogP contribution in [-0.4, -0.2) is 70.7 Å². The van der Waals surface area contributed by atoms with Gasteiger partial charge in [-0.25, -0.2) is 4.79 Å². The zero-order valence-electron chi connectivity index (χ0n) is 16.7. The Bertz CT molecular complexity index is 550. The number of nitrogens with two attached hydrogens (primary N) is 1. The molecule has 0 heterocycles. The van der Waals surface area contributed by atoms with Gasteiger partial charge in [0.25, 0.3) is 0 Å². The molecule has 0 radical (unpaired) electrons. The summed E-state index contributed by atoms with van der Waals surface area (Å²) in [7, 11) is 0. The molecule has 0 saturated carbocycles. The topological polar surface area (TPSA) is 151 Å². The predicted octanol–water partition coefficient (Wildman–Crippen LogP) is -0.398. The lowest BCUT2D eigenvalue weighted by Gasteiger charge is -2.26. The van der Waals surface area contributed by atoms with Gasteiger partial charge in [0.15, 0.2) is 0 Å². The highest BCUT2D eigenvalue weighted by molar-refractivity contribution is 7.98. The minimum Gasteiger partial charge on any atom is -0.480 e. The van der Waals surface area contributed by atoms with Crippen LogP contribution in [0.3, 0.4) is 0 Å². The van der Waals surface area contributed by atoms with Crippen molar-refractivity contribution in [1.82, 2.24) is 16.0 Å². The first-order valence-corrected chi connectivity index (χ1v) is 11.1. The fourth-order valence-electron chi connectivity index (χ4n) is 2.19. The van der Waals surface area contributed by atoms with Gasteiger partial charge in [0.05, 0.1) is 6.04 Å². The van der Waals surface area contributed by atoms with Crippen molar-refractivity contribution in [2.24, 2.45) is 11.7 Å². The van der Waals surface area contributed by atoms with Gasteiger partial charge in [0.2, 0.25) is 17.7 Å². The number of hydrogen-bond acceptors (Lipinski definition) is 7. The van der Waals surface area contributed by atoms with E-state index < -0.39 is 47.9 Å². The summed E-state index contributed by atoms with van der Waals surface area (Å²) >= 11 is 5.45. The number of thiol groups is 1. The van der Waals surface area contributed by atoms with Crippen LogP contribution in [0, 0.1) is 5.92 Å². The molecule has 5 atom stereocenters. The first-order valence-electron chi connectivity index (χ1n) is 9.08. The quantitative estimate of drug-likeness (QED) is 0.215. The van der Waals surface area contributed by atoms with Gasteiger partial charge in [0, 0.05) is 5.75 Å². The molecule has 28 heavy (non-hydrogen) atoms. The van der Waals surface area contributed by atoms with Crippen molar-refractivity contribution in [3.8, 4) is 0 Å². The fraction of sp³-hybridized carbons (Fsp3) is 0.765. The van der Waals surface area contributed by atoms with Crippen LogP contribution < -0.4 is 21.7 Å². The molecular formula is C17H32N4O5S2. The smallest absolute Gasteiger partial charge is 0.327 e. The molecule has 5 unspecified atom stereocenters. The minimum absolute atomic E-state index is 0.0821. The lowest BCUT2D eigenvalue weighted by atomic mass is 9.97. The van der Waals surface area contributed by atoms with Gasteiger partial charge in [-0.15, -0.1) is 0 Å². The summed E-state index contributed by atoms with van der Waals surface area (Å²) in [5, 5.41) is 16.5. The summed E-state index contributed by atoms with van der Waals surface area (Å²) in [5.41, 5.74) is 5.86. The van der Waals surface area contributed by atoms with Crippen LogP contribution in [-0.2, 0) is 19.2 Å². The van der Waals surface area contributed by atoms with Crippen molar-refractivity contribution in [2.45, 2.75) is 57.8 Å². The minimum atomic E-state index is -1.22. The molecule has 162 valence electrons. The van der Waals surface area contributed by atoms with E-state index >= 15 is 0 Å². The van der Waals surface area contributed by atoms with Gasteiger partial charge in [-0.3, -0.25) is 14.4 Å². The van der Waals surface area contributed by atoms with Gasteiger partial charge < -0.3 is 26.8 Å². The van der Waals surface area contributed by atoms with Crippen LogP contribution >= 0.6 is 24.4 Å². The van der Waals surface area contributed by atoms with E-state index in [1.54, 1.807) is 11.8 Å². The average Bonchev–Trinajstić information content (AvgIpc) is 2.66. The maximum Gasteiger partial charge on any atom is 0.327 e. The highest BCUT2D eigenvalue weighted by Crippen LogP contribution is 2.09. The largest absolute Gasteiger partial charge is 0.480 e. The number of nitrogens with one attached hydrogen (secondary N) is 3. The van der Waals surface area contributed by atoms with Crippen molar-refractivity contribution in [1.29, 1.82) is 0 Å². The van der Waals surface area contributed by atoms with E-state index in [-0.39, 0.29) is 11.7 Å². The molecule has 6 N–H and O–H groups in total. The zero-order valence-corrected chi connectivity index (χ0v) is 18.4. The molecule has 0 aromatic rings. The number of hydrogen-bond donors (Lipinski definition) is 6. The van der Waals surface area contributed by atoms with Crippen LogP contribution in [0.25, 0.3) is 0 Å². The zero-order chi connectivity index (χ0) is 21.9. The van der Waals surface area contributed by atoms with E-state index in [1.165, 1.54) is 6.92 Å². The second-order valence-corrected chi connectivity index (χ2v) is 7.92. The Morgan fingerprint density at radius 3 is 2.14 bits per heavy atom. The lowest BCUT2D eigenvalue weighted by molar-refractivity contribution is -0.141. The molecule has 3 amide bonds. The highest BCUT2D eigenvalue weighted by Gasteiger charge is 2.30. The Labute approximate surface area is 175 Å². The van der Waals surface area contributed by atoms with E-state index in [0.29, 0.717) is 12.8 Å². The van der Waals surface area contributed by atoms with Gasteiger partial charge >= 0.3 is 5.97 Å². The normalized spacial score (nSPS) is 16.2. The second-order valence-electron chi connectivity index (χ2n) is 6.57. The maximum absolute atomic E-state index is 12.6. The molecule has 0 aromatic carbocycles. The Hall–Kier alpha value is -1.46. The third-order valence-electron chi connectivity index (χ3n) is 4.31. The van der Waals surface area contributed by atoms with Gasteiger partial charge in [-0.1, -0.05) is 20.3 Å². The first-order chi connectivity index (χ1) is 13.1. The molecule has 0 spiro atoms. The third kappa shape index (κ3) is 9.16. The molecule has 9 nitrogen and oxygen atoms in total. The standard InChI is InChI=1S/C17H32N4O5S2/c1-5-9(2)13(21-15(23)11(18)6-7-28-4)16(24)19-10(3)14(22)20-12(8-27)17(25)26/h9-13,27H,5-8,18H2,1-4H3,(H,19,24)(H,20,22)(H,21,23)(H,25,26). The summed E-state index contributed by atoms with van der Waals surface area (Å²) in [4.78, 5) is 48.0. The summed E-state index contributed by atoms with van der Waals surface area (Å²) < 4.78 is 0. The van der Waals surface area contributed by atoms with Gasteiger partial charge in [0.1, 0.15) is 18.1 Å². The first kappa shape index (κ1) is 26.5. The van der Waals surface area contributed by atoms with E-state index in [1.807, 2.05) is 20.1 Å². The van der Waals surface area contributed by atoms with E-state index in [4.69, 9.17) is 10.8 Å². The molecule has 0 saturated heterocycles. The number of thioether (sulfide) groups is 1. The number of carboxylic acid groups (broad SMARTS) is 1. The van der Waals surface area contributed by atoms with Crippen molar-refractivity contribution < 1.29 is 24.3 Å². The SMILES string of the molecule is CCC(C)C(NC(=O)C(N)CCSC)C(=O)NC(C)C(=O)NC(CS)C(=O)O. The number of rotatable bonds is 13. The molecule has 0 rings (SSSR count). The monoisotopic (exact) mass is 436 g/mol. The third-order valence-corrected chi connectivity index (χ3v) is 5.32. The summed E-state index contributed by atoms with van der Waals surface area (Å²) in [6.07, 6.45) is 3.02. The van der Waals surface area contributed by atoms with Crippen LogP contribution in [0.2, 0.25) is 0 Å². The summed E-state index contributed by atoms with van der Waals surface area (Å²) in [5.74, 6) is -2.36. The van der Waals surface area contributed by atoms with Crippen LogP contribution in [0.5, 0.6) is 0 Å². The molecule has 0 aliphatic carbocycles. The summed E-state index contributed by atoms with van der Waals surface area (Å²) in [6, 6.07) is -3.72. The van der Waals surface area contributed by atoms with Crippen LogP contribution in [0.15, 0.2) is 0 Å². The molecular weight excluding hydrogens is 404 g/mol. The molecule has 0 aromatic heterocycles. The van der Waals surface area contributed by atoms with Crippen molar-refractivity contribution >= 4 is 48.1 Å². The lowest BCUT2D eigenvalue weighted by Crippen LogP contribution is -2.58.